The van der Waals surface area contributed by atoms with E-state index < -0.39 is 5.79 Å². The van der Waals surface area contributed by atoms with Crippen molar-refractivity contribution in [3.05, 3.63) is 24.3 Å². The molecule has 19 atom stereocenters. The normalized spacial score (nSPS) is 47.4. The highest BCUT2D eigenvalue weighted by molar-refractivity contribution is 5.79. The van der Waals surface area contributed by atoms with Crippen LogP contribution in [0.4, 0.5) is 0 Å². The van der Waals surface area contributed by atoms with Gasteiger partial charge in [-0.05, 0) is 62.0 Å². The minimum atomic E-state index is -0.789. The second-order valence-corrected chi connectivity index (χ2v) is 19.0. The summed E-state index contributed by atoms with van der Waals surface area (Å²) >= 11 is 0. The SMILES string of the molecule is C#CCN(CC#C)C[C@H](C[C@H]1O[C@H]2C[C@H]3O[C@@H](CC[C@@H]4O[C@@H](CC[C@@]56C[C@H]7O[C@H]8[C@@H](O5)[C@H]5O[C@H](CC[C@@H]5O[C@H]8[C@H]7O6)CC(=O)C[C@@H]2[C@H]1OC)CC4=C)C[C@@H](C)C3=C)OC. The fourth-order valence-electron chi connectivity index (χ4n) is 12.2. The molecular formula is C47H65NO11. The molecule has 12 nitrogen and oxygen atoms in total. The van der Waals surface area contributed by atoms with Crippen LogP contribution >= 0.6 is 0 Å². The number of ether oxygens (including phenoxy) is 10. The first-order valence-corrected chi connectivity index (χ1v) is 22.4. The predicted octanol–water partition coefficient (Wildman–Crippen LogP) is 4.70. The van der Waals surface area contributed by atoms with E-state index in [9.17, 15) is 4.79 Å². The van der Waals surface area contributed by atoms with Crippen molar-refractivity contribution in [3.8, 4) is 24.7 Å². The van der Waals surface area contributed by atoms with E-state index in [0.29, 0.717) is 45.3 Å². The second kappa shape index (κ2) is 17.5. The third-order valence-corrected chi connectivity index (χ3v) is 15.1. The summed E-state index contributed by atoms with van der Waals surface area (Å²) in [5, 5.41) is 0. The van der Waals surface area contributed by atoms with E-state index >= 15 is 0 Å². The van der Waals surface area contributed by atoms with E-state index in [-0.39, 0.29) is 128 Å². The lowest BCUT2D eigenvalue weighted by Crippen LogP contribution is -2.61. The Morgan fingerprint density at radius 1 is 0.780 bits per heavy atom. The van der Waals surface area contributed by atoms with Gasteiger partial charge in [-0.3, -0.25) is 9.69 Å². The number of carbonyl (C=O) groups is 1. The second-order valence-electron chi connectivity index (χ2n) is 19.0. The lowest BCUT2D eigenvalue weighted by Gasteiger charge is -2.47. The summed E-state index contributed by atoms with van der Waals surface area (Å²) in [5.74, 6) is 4.80. The topological polar surface area (TPSA) is 113 Å². The third kappa shape index (κ3) is 8.39. The number of fused-ring (bicyclic) bond motifs is 6. The van der Waals surface area contributed by atoms with Gasteiger partial charge >= 0.3 is 0 Å². The molecule has 10 rings (SSSR count). The molecule has 10 aliphatic heterocycles. The molecule has 10 heterocycles. The van der Waals surface area contributed by atoms with Crippen molar-refractivity contribution in [2.75, 3.05) is 33.9 Å². The Hall–Kier alpha value is -2.17. The summed E-state index contributed by atoms with van der Waals surface area (Å²) in [4.78, 5) is 16.4. The van der Waals surface area contributed by atoms with Crippen LogP contribution in [0.3, 0.4) is 0 Å². The molecule has 10 aliphatic rings. The predicted molar refractivity (Wildman–Crippen MR) is 216 cm³/mol. The van der Waals surface area contributed by atoms with Crippen molar-refractivity contribution >= 4 is 5.78 Å². The van der Waals surface area contributed by atoms with Gasteiger partial charge in [-0.1, -0.05) is 31.9 Å². The molecule has 0 aliphatic carbocycles. The van der Waals surface area contributed by atoms with Crippen molar-refractivity contribution in [1.82, 2.24) is 4.90 Å². The van der Waals surface area contributed by atoms with E-state index in [1.165, 1.54) is 0 Å². The summed E-state index contributed by atoms with van der Waals surface area (Å²) < 4.78 is 66.9. The molecule has 12 bridgehead atoms. The van der Waals surface area contributed by atoms with Gasteiger partial charge in [0.05, 0.1) is 80.2 Å². The lowest BCUT2D eigenvalue weighted by atomic mass is 9.81. The molecule has 59 heavy (non-hydrogen) atoms. The molecule has 0 aromatic carbocycles. The molecule has 0 aromatic heterocycles. The van der Waals surface area contributed by atoms with Crippen LogP contribution in [0.15, 0.2) is 24.3 Å². The first-order valence-electron chi connectivity index (χ1n) is 22.4. The number of hydrogen-bond acceptors (Lipinski definition) is 12. The molecule has 0 aromatic rings. The Labute approximate surface area is 350 Å². The molecule has 0 amide bonds. The van der Waals surface area contributed by atoms with Gasteiger partial charge in [-0.25, -0.2) is 0 Å². The minimum absolute atomic E-state index is 0.0232. The van der Waals surface area contributed by atoms with Gasteiger partial charge < -0.3 is 47.4 Å². The van der Waals surface area contributed by atoms with Gasteiger partial charge in [0.15, 0.2) is 5.79 Å². The van der Waals surface area contributed by atoms with Crippen LogP contribution in [-0.4, -0.2) is 148 Å². The molecule has 324 valence electrons. The van der Waals surface area contributed by atoms with Crippen molar-refractivity contribution in [1.29, 1.82) is 0 Å². The van der Waals surface area contributed by atoms with Crippen LogP contribution in [0.1, 0.15) is 90.4 Å². The zero-order valence-electron chi connectivity index (χ0n) is 35.2. The van der Waals surface area contributed by atoms with Crippen LogP contribution < -0.4 is 0 Å². The fourth-order valence-corrected chi connectivity index (χ4v) is 12.2. The standard InChI is InChI=1S/C47H65NO11/c1-8-16-48(17-9-2)25-33(50-6)22-39-41(51-7)34-21-29(49)20-31-11-13-36-42(54-31)46-45-44(56-36)43-40(57-45)24-47(58-43,59-46)15-14-32-19-27(4)35(52-32)12-10-30-18-26(3)28(5)37(53-30)23-38(34)55-39/h1-2,26,30-46H,4-5,10-25H2,3,6-7H3/t26-,30+,31-,32+,33+,34+,35+,36+,37-,38+,39-,40-,41-,42+,43+,44+,45-,46+,47+/m1/s1. The van der Waals surface area contributed by atoms with Crippen molar-refractivity contribution < 1.29 is 52.2 Å². The van der Waals surface area contributed by atoms with Crippen molar-refractivity contribution in [3.63, 3.8) is 0 Å². The molecule has 0 saturated carbocycles. The van der Waals surface area contributed by atoms with Gasteiger partial charge in [0.1, 0.15) is 36.3 Å². The Balaban J connectivity index is 0.978. The van der Waals surface area contributed by atoms with Crippen molar-refractivity contribution in [2.45, 2.75) is 194 Å². The van der Waals surface area contributed by atoms with E-state index in [4.69, 9.17) is 60.2 Å². The summed E-state index contributed by atoms with van der Waals surface area (Å²) in [6.07, 6.45) is 16.9. The van der Waals surface area contributed by atoms with E-state index in [2.05, 4.69) is 31.9 Å². The van der Waals surface area contributed by atoms with E-state index in [1.807, 2.05) is 4.90 Å². The highest BCUT2D eigenvalue weighted by Gasteiger charge is 2.68. The number of rotatable bonds is 8. The van der Waals surface area contributed by atoms with Gasteiger partial charge in [0, 0.05) is 65.2 Å². The Kier molecular flexibility index (Phi) is 12.5. The van der Waals surface area contributed by atoms with Crippen LogP contribution in [0, 0.1) is 36.5 Å². The zero-order valence-corrected chi connectivity index (χ0v) is 35.2. The van der Waals surface area contributed by atoms with E-state index in [1.54, 1.807) is 14.2 Å². The Morgan fingerprint density at radius 2 is 1.51 bits per heavy atom. The average molecular weight is 820 g/mol. The van der Waals surface area contributed by atoms with Crippen LogP contribution in [0.25, 0.3) is 0 Å². The lowest BCUT2D eigenvalue weighted by molar-refractivity contribution is -0.292. The van der Waals surface area contributed by atoms with Crippen LogP contribution in [0.5, 0.6) is 0 Å². The van der Waals surface area contributed by atoms with Gasteiger partial charge in [-0.2, -0.15) is 0 Å². The zero-order chi connectivity index (χ0) is 41.0. The van der Waals surface area contributed by atoms with E-state index in [0.717, 1.165) is 56.1 Å². The quantitative estimate of drug-likeness (QED) is 0.250. The number of hydrogen-bond donors (Lipinski definition) is 0. The maximum absolute atomic E-state index is 14.3. The Morgan fingerprint density at radius 3 is 2.29 bits per heavy atom. The molecule has 0 N–H and O–H groups in total. The summed E-state index contributed by atoms with van der Waals surface area (Å²) in [6, 6.07) is 0. The van der Waals surface area contributed by atoms with Crippen LogP contribution in [0.2, 0.25) is 0 Å². The highest BCUT2D eigenvalue weighted by Crippen LogP contribution is 2.54. The smallest absolute Gasteiger partial charge is 0.172 e. The first-order chi connectivity index (χ1) is 28.6. The van der Waals surface area contributed by atoms with Gasteiger partial charge in [-0.15, -0.1) is 12.8 Å². The molecule has 10 fully saturated rings. The summed E-state index contributed by atoms with van der Waals surface area (Å²) in [7, 11) is 3.41. The number of methoxy groups -OCH3 is 2. The maximum atomic E-state index is 14.3. The average Bonchev–Trinajstić information content (AvgIpc) is 3.89. The summed E-state index contributed by atoms with van der Waals surface area (Å²) in [5.41, 5.74) is 2.21. The fraction of sp³-hybridized carbons (Fsp3) is 0.809. The number of carbonyl (C=O) groups excluding carboxylic acids is 1. The number of terminal acetylenes is 2. The van der Waals surface area contributed by atoms with Gasteiger partial charge in [0.25, 0.3) is 0 Å². The molecule has 10 saturated heterocycles. The van der Waals surface area contributed by atoms with Gasteiger partial charge in [0.2, 0.25) is 0 Å². The number of nitrogens with zero attached hydrogens (tertiary/aromatic N) is 1. The molecular weight excluding hydrogens is 755 g/mol. The number of ketones is 1. The third-order valence-electron chi connectivity index (χ3n) is 15.1. The molecule has 1 spiro atoms. The minimum Gasteiger partial charge on any atom is -0.380 e. The number of Topliss-reactive ketones (excluding diaryl/α,β-unsaturated/α-hetero) is 1. The Bertz CT molecular complexity index is 1640. The monoisotopic (exact) mass is 819 g/mol. The molecule has 0 unspecified atom stereocenters. The molecule has 12 heteroatoms. The maximum Gasteiger partial charge on any atom is 0.172 e. The summed E-state index contributed by atoms with van der Waals surface area (Å²) in [6.45, 7) is 12.6. The van der Waals surface area contributed by atoms with Crippen molar-refractivity contribution in [2.24, 2.45) is 11.8 Å². The molecule has 0 radical (unpaired) electrons. The van der Waals surface area contributed by atoms with Crippen LogP contribution in [-0.2, 0) is 52.2 Å². The highest BCUT2D eigenvalue weighted by atomic mass is 16.8. The largest absolute Gasteiger partial charge is 0.380 e. The first kappa shape index (κ1) is 42.1.